The summed E-state index contributed by atoms with van der Waals surface area (Å²) in [4.78, 5) is 8.27. The zero-order valence-corrected chi connectivity index (χ0v) is 15.2. The van der Waals surface area contributed by atoms with Crippen LogP contribution < -0.4 is 15.8 Å². The number of ether oxygens (including phenoxy) is 1. The van der Waals surface area contributed by atoms with Crippen molar-refractivity contribution in [1.29, 1.82) is 0 Å². The topological polar surface area (TPSA) is 73.1 Å². The van der Waals surface area contributed by atoms with Crippen LogP contribution in [0.15, 0.2) is 42.7 Å². The molecule has 3 N–H and O–H groups in total. The first-order valence-corrected chi connectivity index (χ1v) is 8.28. The Hall–Kier alpha value is -2.50. The second-order valence-electron chi connectivity index (χ2n) is 5.52. The molecule has 0 aliphatic heterocycles. The van der Waals surface area contributed by atoms with Crippen LogP contribution in [0.4, 0.5) is 17.2 Å². The summed E-state index contributed by atoms with van der Waals surface area (Å²) in [6.07, 6.45) is 1.38. The average molecular weight is 375 g/mol. The van der Waals surface area contributed by atoms with Crippen LogP contribution in [0.2, 0.25) is 10.0 Å². The molecule has 0 aliphatic rings. The molecule has 1 aromatic heterocycles. The lowest BCUT2D eigenvalue weighted by molar-refractivity contribution is 0.464. The van der Waals surface area contributed by atoms with Crippen LogP contribution in [0, 0.1) is 13.8 Å². The summed E-state index contributed by atoms with van der Waals surface area (Å²) in [5.74, 6) is 1.28. The van der Waals surface area contributed by atoms with Crippen molar-refractivity contribution in [3.8, 4) is 11.6 Å². The normalized spacial score (nSPS) is 10.6. The zero-order valence-electron chi connectivity index (χ0n) is 13.7. The van der Waals surface area contributed by atoms with Crippen LogP contribution >= 0.6 is 23.2 Å². The van der Waals surface area contributed by atoms with Gasteiger partial charge in [0.15, 0.2) is 5.82 Å². The molecule has 0 saturated heterocycles. The maximum Gasteiger partial charge on any atom is 0.248 e. The Bertz CT molecular complexity index is 908. The number of rotatable bonds is 4. The highest BCUT2D eigenvalue weighted by atomic mass is 35.5. The van der Waals surface area contributed by atoms with Gasteiger partial charge in [-0.3, -0.25) is 0 Å². The van der Waals surface area contributed by atoms with Crippen molar-refractivity contribution in [2.75, 3.05) is 11.1 Å². The number of nitrogens with two attached hydrogens (primary N) is 1. The minimum Gasteiger partial charge on any atom is -0.437 e. The number of hydrogen-bond acceptors (Lipinski definition) is 5. The summed E-state index contributed by atoms with van der Waals surface area (Å²) >= 11 is 12.3. The second-order valence-corrected chi connectivity index (χ2v) is 6.30. The molecule has 0 aliphatic carbocycles. The van der Waals surface area contributed by atoms with E-state index in [0.717, 1.165) is 11.1 Å². The van der Waals surface area contributed by atoms with Gasteiger partial charge in [0.25, 0.3) is 0 Å². The van der Waals surface area contributed by atoms with E-state index in [-0.39, 0.29) is 11.6 Å². The third kappa shape index (κ3) is 3.78. The molecule has 128 valence electrons. The molecule has 2 aromatic carbocycles. The summed E-state index contributed by atoms with van der Waals surface area (Å²) in [6.45, 7) is 3.83. The Morgan fingerprint density at radius 1 is 1.04 bits per heavy atom. The Labute approximate surface area is 155 Å². The Morgan fingerprint density at radius 2 is 1.72 bits per heavy atom. The lowest BCUT2D eigenvalue weighted by atomic mass is 10.1. The minimum atomic E-state index is 0.255. The molecule has 0 fully saturated rings. The summed E-state index contributed by atoms with van der Waals surface area (Å²) in [5, 5.41) is 4.36. The van der Waals surface area contributed by atoms with Crippen molar-refractivity contribution in [3.63, 3.8) is 0 Å². The number of para-hydroxylation sites is 1. The second kappa shape index (κ2) is 7.17. The molecule has 7 heteroatoms. The molecule has 0 atom stereocenters. The van der Waals surface area contributed by atoms with Gasteiger partial charge in [-0.1, -0.05) is 35.3 Å². The van der Waals surface area contributed by atoms with Crippen LogP contribution in [0.3, 0.4) is 0 Å². The SMILES string of the molecule is Cc1cc(Oc2ncnc(Nc3ccccc3Cl)c2N)cc(C)c1Cl. The molecule has 3 rings (SSSR count). The van der Waals surface area contributed by atoms with Gasteiger partial charge >= 0.3 is 0 Å². The van der Waals surface area contributed by atoms with Gasteiger partial charge in [0.1, 0.15) is 17.8 Å². The monoisotopic (exact) mass is 374 g/mol. The molecule has 1 heterocycles. The highest BCUT2D eigenvalue weighted by Crippen LogP contribution is 2.34. The predicted octanol–water partition coefficient (Wildman–Crippen LogP) is 5.52. The van der Waals surface area contributed by atoms with Crippen molar-refractivity contribution in [3.05, 3.63) is 63.9 Å². The molecule has 0 amide bonds. The number of halogens is 2. The van der Waals surface area contributed by atoms with Gasteiger partial charge in [-0.2, -0.15) is 4.98 Å². The molecule has 5 nitrogen and oxygen atoms in total. The van der Waals surface area contributed by atoms with Crippen LogP contribution in [0.5, 0.6) is 11.6 Å². The molecular weight excluding hydrogens is 359 g/mol. The molecule has 0 spiro atoms. The van der Waals surface area contributed by atoms with Crippen LogP contribution in [-0.4, -0.2) is 9.97 Å². The zero-order chi connectivity index (χ0) is 18.0. The lowest BCUT2D eigenvalue weighted by Gasteiger charge is -2.13. The number of nitrogens with zero attached hydrogens (tertiary/aromatic N) is 2. The third-order valence-electron chi connectivity index (χ3n) is 3.60. The molecule has 0 bridgehead atoms. The predicted molar refractivity (Wildman–Crippen MR) is 102 cm³/mol. The number of nitrogen functional groups attached to an aromatic ring is 1. The number of aromatic nitrogens is 2. The Kier molecular flexibility index (Phi) is 4.97. The highest BCUT2D eigenvalue weighted by molar-refractivity contribution is 6.33. The minimum absolute atomic E-state index is 0.255. The maximum atomic E-state index is 6.19. The quantitative estimate of drug-likeness (QED) is 0.628. The van der Waals surface area contributed by atoms with Crippen LogP contribution in [-0.2, 0) is 0 Å². The number of nitrogens with one attached hydrogen (secondary N) is 1. The fraction of sp³-hybridized carbons (Fsp3) is 0.111. The fourth-order valence-corrected chi connectivity index (χ4v) is 2.62. The van der Waals surface area contributed by atoms with E-state index in [9.17, 15) is 0 Å². The van der Waals surface area contributed by atoms with Crippen LogP contribution in [0.1, 0.15) is 11.1 Å². The van der Waals surface area contributed by atoms with Gasteiger partial charge in [0.05, 0.1) is 10.7 Å². The highest BCUT2D eigenvalue weighted by Gasteiger charge is 2.13. The van der Waals surface area contributed by atoms with Gasteiger partial charge in [0.2, 0.25) is 5.88 Å². The van der Waals surface area contributed by atoms with E-state index in [2.05, 4.69) is 15.3 Å². The van der Waals surface area contributed by atoms with E-state index in [4.69, 9.17) is 33.7 Å². The fourth-order valence-electron chi connectivity index (χ4n) is 2.33. The Balaban J connectivity index is 1.90. The van der Waals surface area contributed by atoms with E-state index >= 15 is 0 Å². The summed E-state index contributed by atoms with van der Waals surface area (Å²) in [6, 6.07) is 11.0. The number of hydrogen-bond donors (Lipinski definition) is 2. The largest absolute Gasteiger partial charge is 0.437 e. The van der Waals surface area contributed by atoms with Crippen molar-refractivity contribution < 1.29 is 4.74 Å². The van der Waals surface area contributed by atoms with E-state index in [1.807, 2.05) is 44.2 Å². The Morgan fingerprint density at radius 3 is 2.40 bits per heavy atom. The molecule has 0 radical (unpaired) electrons. The summed E-state index contributed by atoms with van der Waals surface area (Å²) < 4.78 is 5.83. The maximum absolute atomic E-state index is 6.19. The third-order valence-corrected chi connectivity index (χ3v) is 4.52. The van der Waals surface area contributed by atoms with Crippen molar-refractivity contribution in [2.45, 2.75) is 13.8 Å². The summed E-state index contributed by atoms with van der Waals surface area (Å²) in [7, 11) is 0. The first kappa shape index (κ1) is 17.3. The van der Waals surface area contributed by atoms with E-state index in [0.29, 0.717) is 27.3 Å². The van der Waals surface area contributed by atoms with E-state index < -0.39 is 0 Å². The van der Waals surface area contributed by atoms with Gasteiger partial charge in [-0.05, 0) is 49.2 Å². The van der Waals surface area contributed by atoms with Crippen molar-refractivity contribution in [1.82, 2.24) is 9.97 Å². The van der Waals surface area contributed by atoms with E-state index in [1.54, 1.807) is 6.07 Å². The first-order valence-electron chi connectivity index (χ1n) is 7.52. The first-order chi connectivity index (χ1) is 12.0. The molecule has 25 heavy (non-hydrogen) atoms. The molecule has 0 saturated carbocycles. The smallest absolute Gasteiger partial charge is 0.248 e. The number of aryl methyl sites for hydroxylation is 2. The van der Waals surface area contributed by atoms with Gasteiger partial charge in [0, 0.05) is 5.02 Å². The average Bonchev–Trinajstić information content (AvgIpc) is 2.58. The van der Waals surface area contributed by atoms with Gasteiger partial charge < -0.3 is 15.8 Å². The van der Waals surface area contributed by atoms with E-state index in [1.165, 1.54) is 6.33 Å². The summed E-state index contributed by atoms with van der Waals surface area (Å²) in [5.41, 5.74) is 8.96. The number of anilines is 3. The van der Waals surface area contributed by atoms with Crippen LogP contribution in [0.25, 0.3) is 0 Å². The van der Waals surface area contributed by atoms with Crippen molar-refractivity contribution in [2.24, 2.45) is 0 Å². The standard InChI is InChI=1S/C18H16Cl2N4O/c1-10-7-12(8-11(2)15(10)20)25-18-16(21)17(22-9-23-18)24-14-6-4-3-5-13(14)19/h3-9H,21H2,1-2H3,(H,22,23,24). The lowest BCUT2D eigenvalue weighted by Crippen LogP contribution is -2.03. The molecule has 3 aromatic rings. The molecular formula is C18H16Cl2N4O. The molecule has 0 unspecified atom stereocenters. The van der Waals surface area contributed by atoms with Gasteiger partial charge in [-0.25, -0.2) is 4.98 Å². The van der Waals surface area contributed by atoms with Gasteiger partial charge in [-0.15, -0.1) is 0 Å². The number of benzene rings is 2. The van der Waals surface area contributed by atoms with Crippen molar-refractivity contribution >= 4 is 40.4 Å².